The lowest BCUT2D eigenvalue weighted by molar-refractivity contribution is -0.136. The first kappa shape index (κ1) is 12.4. The van der Waals surface area contributed by atoms with E-state index in [1.54, 1.807) is 18.2 Å². The van der Waals surface area contributed by atoms with Gasteiger partial charge in [0.2, 0.25) is 0 Å². The van der Waals surface area contributed by atoms with Crippen molar-refractivity contribution in [1.29, 1.82) is 0 Å². The van der Waals surface area contributed by atoms with Crippen molar-refractivity contribution in [3.8, 4) is 5.75 Å². The van der Waals surface area contributed by atoms with Crippen LogP contribution in [0.3, 0.4) is 0 Å². The van der Waals surface area contributed by atoms with Crippen LogP contribution in [0.1, 0.15) is 12.0 Å². The molecule has 96 valence electrons. The van der Waals surface area contributed by atoms with Gasteiger partial charge in [0.15, 0.2) is 6.61 Å². The molecule has 0 unspecified atom stereocenters. The molecule has 6 heteroatoms. The number of carboxylic acids is 1. The highest BCUT2D eigenvalue weighted by molar-refractivity contribution is 5.98. The van der Waals surface area contributed by atoms with Gasteiger partial charge >= 0.3 is 5.97 Å². The molecule has 0 saturated heterocycles. The highest BCUT2D eigenvalue weighted by Crippen LogP contribution is 2.33. The number of aliphatic hydroxyl groups is 1. The third-order valence-electron chi connectivity index (χ3n) is 2.70. The first-order valence-electron chi connectivity index (χ1n) is 5.50. The fraction of sp³-hybridized carbons (Fsp3) is 0.333. The molecule has 0 aromatic heterocycles. The average Bonchev–Trinajstić information content (AvgIpc) is 2.36. The van der Waals surface area contributed by atoms with Gasteiger partial charge in [-0.15, -0.1) is 0 Å². The Morgan fingerprint density at radius 2 is 2.22 bits per heavy atom. The number of aliphatic carboxylic acids is 1. The lowest BCUT2D eigenvalue weighted by Crippen LogP contribution is -2.40. The smallest absolute Gasteiger partial charge is 0.305 e. The minimum atomic E-state index is -0.964. The van der Waals surface area contributed by atoms with Gasteiger partial charge in [-0.3, -0.25) is 9.59 Å². The number of ether oxygens (including phenoxy) is 1. The predicted octanol–water partition coefficient (Wildman–Crippen LogP) is 0.379. The lowest BCUT2D eigenvalue weighted by Gasteiger charge is -2.29. The van der Waals surface area contributed by atoms with Gasteiger partial charge in [-0.05, 0) is 17.7 Å². The topological polar surface area (TPSA) is 87.1 Å². The van der Waals surface area contributed by atoms with E-state index >= 15 is 0 Å². The van der Waals surface area contributed by atoms with Crippen LogP contribution < -0.4 is 9.64 Å². The molecule has 0 spiro atoms. The fourth-order valence-electron chi connectivity index (χ4n) is 1.80. The van der Waals surface area contributed by atoms with Crippen molar-refractivity contribution in [2.45, 2.75) is 13.0 Å². The number of carboxylic acid groups (broad SMARTS) is 1. The molecule has 1 aromatic carbocycles. The van der Waals surface area contributed by atoms with Crippen molar-refractivity contribution >= 4 is 17.6 Å². The molecule has 1 aromatic rings. The molecule has 0 radical (unpaired) electrons. The highest BCUT2D eigenvalue weighted by Gasteiger charge is 2.25. The third kappa shape index (κ3) is 2.43. The maximum atomic E-state index is 11.7. The molecule has 0 bridgehead atoms. The molecular formula is C12H13NO5. The Morgan fingerprint density at radius 3 is 2.89 bits per heavy atom. The zero-order valence-electron chi connectivity index (χ0n) is 9.63. The molecular weight excluding hydrogens is 238 g/mol. The molecule has 18 heavy (non-hydrogen) atoms. The van der Waals surface area contributed by atoms with E-state index in [2.05, 4.69) is 0 Å². The number of carbonyl (C=O) groups excluding carboxylic acids is 1. The fourth-order valence-corrected chi connectivity index (χ4v) is 1.80. The van der Waals surface area contributed by atoms with Gasteiger partial charge in [0.25, 0.3) is 5.91 Å². The summed E-state index contributed by atoms with van der Waals surface area (Å²) in [5.74, 6) is -0.717. The van der Waals surface area contributed by atoms with E-state index in [1.165, 1.54) is 4.90 Å². The average molecular weight is 251 g/mol. The number of nitrogens with zero attached hydrogens (tertiary/aromatic N) is 1. The second kappa shape index (κ2) is 5.05. The molecule has 1 aliphatic heterocycles. The molecule has 2 rings (SSSR count). The number of rotatable bonds is 4. The zero-order chi connectivity index (χ0) is 13.1. The summed E-state index contributed by atoms with van der Waals surface area (Å²) in [4.78, 5) is 23.7. The van der Waals surface area contributed by atoms with Crippen LogP contribution in [0.5, 0.6) is 5.75 Å². The maximum Gasteiger partial charge on any atom is 0.305 e. The number of hydrogen-bond donors (Lipinski definition) is 2. The highest BCUT2D eigenvalue weighted by atomic mass is 16.5. The molecule has 0 fully saturated rings. The van der Waals surface area contributed by atoms with Crippen LogP contribution >= 0.6 is 0 Å². The van der Waals surface area contributed by atoms with E-state index in [0.717, 1.165) is 0 Å². The zero-order valence-corrected chi connectivity index (χ0v) is 9.63. The van der Waals surface area contributed by atoms with Crippen molar-refractivity contribution in [2.24, 2.45) is 0 Å². The summed E-state index contributed by atoms with van der Waals surface area (Å²) in [6.45, 7) is -0.140. The van der Waals surface area contributed by atoms with Crippen LogP contribution in [-0.2, 0) is 16.2 Å². The Balaban J connectivity index is 2.29. The monoisotopic (exact) mass is 251 g/mol. The standard InChI is InChI=1S/C12H13NO5/c14-6-8-1-2-10-9(5-8)13(4-3-12(16)17)11(15)7-18-10/h1-2,5,14H,3-4,6-7H2,(H,16,17). The molecule has 1 amide bonds. The Morgan fingerprint density at radius 1 is 1.44 bits per heavy atom. The number of amides is 1. The van der Waals surface area contributed by atoms with Gasteiger partial charge in [0.1, 0.15) is 5.75 Å². The quantitative estimate of drug-likeness (QED) is 0.807. The largest absolute Gasteiger partial charge is 0.482 e. The normalized spacial score (nSPS) is 14.1. The van der Waals surface area contributed by atoms with Crippen molar-refractivity contribution in [3.63, 3.8) is 0 Å². The van der Waals surface area contributed by atoms with Gasteiger partial charge in [0, 0.05) is 6.54 Å². The van der Waals surface area contributed by atoms with Gasteiger partial charge in [-0.2, -0.15) is 0 Å². The SMILES string of the molecule is O=C(O)CCN1C(=O)COc2ccc(CO)cc21. The van der Waals surface area contributed by atoms with E-state index < -0.39 is 5.97 Å². The van der Waals surface area contributed by atoms with E-state index in [0.29, 0.717) is 17.0 Å². The Hall–Kier alpha value is -2.08. The van der Waals surface area contributed by atoms with E-state index in [4.69, 9.17) is 14.9 Å². The first-order valence-corrected chi connectivity index (χ1v) is 5.50. The molecule has 0 aliphatic carbocycles. The second-order valence-electron chi connectivity index (χ2n) is 3.94. The van der Waals surface area contributed by atoms with Crippen LogP contribution in [0.4, 0.5) is 5.69 Å². The van der Waals surface area contributed by atoms with Crippen molar-refractivity contribution in [3.05, 3.63) is 23.8 Å². The summed E-state index contributed by atoms with van der Waals surface area (Å²) >= 11 is 0. The summed E-state index contributed by atoms with van der Waals surface area (Å²) in [6, 6.07) is 5.00. The van der Waals surface area contributed by atoms with Crippen LogP contribution in [0.25, 0.3) is 0 Å². The summed E-state index contributed by atoms with van der Waals surface area (Å²) < 4.78 is 5.25. The predicted molar refractivity (Wildman–Crippen MR) is 62.5 cm³/mol. The number of fused-ring (bicyclic) bond motifs is 1. The number of benzene rings is 1. The minimum absolute atomic E-state index is 0.0922. The second-order valence-corrected chi connectivity index (χ2v) is 3.94. The lowest BCUT2D eigenvalue weighted by atomic mass is 10.1. The van der Waals surface area contributed by atoms with Crippen molar-refractivity contribution in [1.82, 2.24) is 0 Å². The Kier molecular flexibility index (Phi) is 3.47. The van der Waals surface area contributed by atoms with Crippen molar-refractivity contribution in [2.75, 3.05) is 18.1 Å². The van der Waals surface area contributed by atoms with E-state index in [1.807, 2.05) is 0 Å². The number of carbonyl (C=O) groups is 2. The summed E-state index contributed by atoms with van der Waals surface area (Å²) in [5.41, 5.74) is 1.16. The van der Waals surface area contributed by atoms with E-state index in [9.17, 15) is 9.59 Å². The molecule has 0 saturated carbocycles. The summed E-state index contributed by atoms with van der Waals surface area (Å²) in [6.07, 6.45) is -0.130. The Bertz CT molecular complexity index is 485. The number of anilines is 1. The van der Waals surface area contributed by atoms with Crippen LogP contribution in [0, 0.1) is 0 Å². The molecule has 0 atom stereocenters. The number of hydrogen-bond acceptors (Lipinski definition) is 4. The van der Waals surface area contributed by atoms with Gasteiger partial charge < -0.3 is 19.8 Å². The maximum absolute atomic E-state index is 11.7. The van der Waals surface area contributed by atoms with Gasteiger partial charge in [-0.1, -0.05) is 6.07 Å². The van der Waals surface area contributed by atoms with Crippen LogP contribution in [-0.4, -0.2) is 35.2 Å². The van der Waals surface area contributed by atoms with Crippen molar-refractivity contribution < 1.29 is 24.5 Å². The molecule has 6 nitrogen and oxygen atoms in total. The first-order chi connectivity index (χ1) is 8.61. The molecule has 1 aliphatic rings. The van der Waals surface area contributed by atoms with Gasteiger partial charge in [0.05, 0.1) is 18.7 Å². The van der Waals surface area contributed by atoms with Gasteiger partial charge in [-0.25, -0.2) is 0 Å². The molecule has 1 heterocycles. The minimum Gasteiger partial charge on any atom is -0.482 e. The van der Waals surface area contributed by atoms with Crippen LogP contribution in [0.2, 0.25) is 0 Å². The number of aliphatic hydroxyl groups excluding tert-OH is 1. The summed E-state index contributed by atoms with van der Waals surface area (Å²) in [7, 11) is 0. The third-order valence-corrected chi connectivity index (χ3v) is 2.70. The summed E-state index contributed by atoms with van der Waals surface area (Å²) in [5, 5.41) is 17.7. The Labute approximate surface area is 103 Å². The molecule has 2 N–H and O–H groups in total. The van der Waals surface area contributed by atoms with Crippen LogP contribution in [0.15, 0.2) is 18.2 Å². The van der Waals surface area contributed by atoms with E-state index in [-0.39, 0.29) is 32.1 Å².